The number of aliphatic imine (C=N–C) groups is 1. The highest BCUT2D eigenvalue weighted by atomic mass is 15.3. The lowest BCUT2D eigenvalue weighted by Crippen LogP contribution is -2.65. The number of hydrogen-bond donors (Lipinski definition) is 4. The van der Waals surface area contributed by atoms with Gasteiger partial charge in [0, 0.05) is 53.4 Å². The Morgan fingerprint density at radius 2 is 1.33 bits per heavy atom. The lowest BCUT2D eigenvalue weighted by atomic mass is 9.76. The highest BCUT2D eigenvalue weighted by Crippen LogP contribution is 2.39. The van der Waals surface area contributed by atoms with E-state index in [1.807, 2.05) is 0 Å². The summed E-state index contributed by atoms with van der Waals surface area (Å²) in [5.74, 6) is 0. The molecule has 0 amide bonds. The molecule has 5 N–H and O–H groups in total. The van der Waals surface area contributed by atoms with Gasteiger partial charge in [0.25, 0.3) is 0 Å². The van der Waals surface area contributed by atoms with Crippen molar-refractivity contribution in [3.05, 3.63) is 91.0 Å². The maximum absolute atomic E-state index is 8.52. The first kappa shape index (κ1) is 22.8. The van der Waals surface area contributed by atoms with Crippen LogP contribution in [0.5, 0.6) is 0 Å². The van der Waals surface area contributed by atoms with Crippen molar-refractivity contribution in [2.24, 2.45) is 10.7 Å². The summed E-state index contributed by atoms with van der Waals surface area (Å²) in [5.41, 5.74) is 11.7. The van der Waals surface area contributed by atoms with Gasteiger partial charge in [-0.05, 0) is 49.2 Å². The maximum atomic E-state index is 8.52. The van der Waals surface area contributed by atoms with E-state index >= 15 is 0 Å². The van der Waals surface area contributed by atoms with Gasteiger partial charge < -0.3 is 26.7 Å². The lowest BCUT2D eigenvalue weighted by Gasteiger charge is -2.53. The van der Waals surface area contributed by atoms with Crippen LogP contribution in [0.25, 0.3) is 0 Å². The summed E-state index contributed by atoms with van der Waals surface area (Å²) in [7, 11) is 0. The molecule has 0 spiro atoms. The molecule has 2 saturated carbocycles. The van der Waals surface area contributed by atoms with Crippen LogP contribution in [0.1, 0.15) is 25.7 Å². The Kier molecular flexibility index (Phi) is 6.20. The highest BCUT2D eigenvalue weighted by molar-refractivity contribution is 5.97. The van der Waals surface area contributed by atoms with Gasteiger partial charge in [-0.3, -0.25) is 4.99 Å². The minimum atomic E-state index is -0.195. The van der Waals surface area contributed by atoms with Crippen LogP contribution in [0.3, 0.4) is 0 Å². The summed E-state index contributed by atoms with van der Waals surface area (Å²) in [5, 5.41) is 16.2. The van der Waals surface area contributed by atoms with Gasteiger partial charge >= 0.3 is 0 Å². The zero-order valence-corrected chi connectivity index (χ0v) is 20.4. The second-order valence-electron chi connectivity index (χ2n) is 10.3. The fraction of sp³-hybridized carbons (Fsp3) is 0.333. The summed E-state index contributed by atoms with van der Waals surface area (Å²) in [6.07, 6.45) is 3.21. The molecule has 2 fully saturated rings. The van der Waals surface area contributed by atoms with Crippen LogP contribution in [-0.4, -0.2) is 47.7 Å². The number of para-hydroxylation sites is 3. The molecule has 3 aromatic rings. The van der Waals surface area contributed by atoms with Gasteiger partial charge in [0.05, 0.1) is 24.2 Å². The van der Waals surface area contributed by atoms with Gasteiger partial charge in [0.15, 0.2) is 0 Å². The van der Waals surface area contributed by atoms with E-state index < -0.39 is 0 Å². The predicted molar refractivity (Wildman–Crippen MR) is 150 cm³/mol. The normalized spacial score (nSPS) is 29.5. The number of rotatable bonds is 5. The number of nitrogens with one attached hydrogen (secondary N) is 3. The molecule has 6 rings (SSSR count). The van der Waals surface area contributed by atoms with Crippen LogP contribution in [0.4, 0.5) is 17.1 Å². The monoisotopic (exact) mass is 478 g/mol. The fourth-order valence-corrected chi connectivity index (χ4v) is 6.18. The Morgan fingerprint density at radius 1 is 0.750 bits per heavy atom. The molecule has 1 heterocycles. The van der Waals surface area contributed by atoms with Crippen molar-refractivity contribution in [2.75, 3.05) is 15.5 Å². The minimum Gasteiger partial charge on any atom is -0.380 e. The van der Waals surface area contributed by atoms with Crippen molar-refractivity contribution in [3.8, 4) is 0 Å². The van der Waals surface area contributed by atoms with Crippen LogP contribution in [0, 0.1) is 5.41 Å². The summed E-state index contributed by atoms with van der Waals surface area (Å²) in [6, 6.07) is 32.3. The maximum Gasteiger partial charge on any atom is 0.0725 e. The molecular weight excluding hydrogens is 444 g/mol. The molecule has 2 aliphatic carbocycles. The molecule has 184 valence electrons. The molecule has 1 aliphatic heterocycles. The van der Waals surface area contributed by atoms with Gasteiger partial charge in [-0.2, -0.15) is 0 Å². The van der Waals surface area contributed by atoms with Crippen molar-refractivity contribution in [1.82, 2.24) is 0 Å². The summed E-state index contributed by atoms with van der Waals surface area (Å²) in [4.78, 5) is 7.91. The van der Waals surface area contributed by atoms with Crippen LogP contribution >= 0.6 is 0 Å². The average Bonchev–Trinajstić information content (AvgIpc) is 2.91. The SMILES string of the molecule is N=C1CC2C(CC1N)N=C1CC(Nc3ccccc3)C(Nc3ccccc3)CC1N2c1ccccc1. The Balaban J connectivity index is 1.37. The van der Waals surface area contributed by atoms with E-state index in [0.717, 1.165) is 30.6 Å². The Morgan fingerprint density at radius 3 is 1.97 bits per heavy atom. The summed E-state index contributed by atoms with van der Waals surface area (Å²) < 4.78 is 0. The van der Waals surface area contributed by atoms with Crippen LogP contribution in [-0.2, 0) is 0 Å². The first-order valence-electron chi connectivity index (χ1n) is 13.0. The summed E-state index contributed by atoms with van der Waals surface area (Å²) in [6.45, 7) is 0. The third-order valence-corrected chi connectivity index (χ3v) is 7.92. The van der Waals surface area contributed by atoms with E-state index in [1.54, 1.807) is 0 Å². The molecule has 3 aromatic carbocycles. The highest BCUT2D eigenvalue weighted by Gasteiger charge is 2.47. The largest absolute Gasteiger partial charge is 0.380 e. The first-order valence-corrected chi connectivity index (χ1v) is 13.0. The van der Waals surface area contributed by atoms with Crippen molar-refractivity contribution in [3.63, 3.8) is 0 Å². The Hall–Kier alpha value is -3.64. The fourth-order valence-electron chi connectivity index (χ4n) is 6.18. The topological polar surface area (TPSA) is 89.5 Å². The second kappa shape index (κ2) is 9.78. The zero-order chi connectivity index (χ0) is 24.5. The molecule has 6 heteroatoms. The van der Waals surface area contributed by atoms with E-state index in [1.165, 1.54) is 11.4 Å². The molecule has 36 heavy (non-hydrogen) atoms. The van der Waals surface area contributed by atoms with Gasteiger partial charge in [-0.25, -0.2) is 0 Å². The van der Waals surface area contributed by atoms with E-state index in [4.69, 9.17) is 16.1 Å². The van der Waals surface area contributed by atoms with Crippen molar-refractivity contribution in [2.45, 2.75) is 61.9 Å². The number of anilines is 3. The van der Waals surface area contributed by atoms with Crippen LogP contribution in [0.2, 0.25) is 0 Å². The number of nitrogens with two attached hydrogens (primary N) is 1. The average molecular weight is 479 g/mol. The van der Waals surface area contributed by atoms with Gasteiger partial charge in [0.1, 0.15) is 0 Å². The van der Waals surface area contributed by atoms with E-state index in [9.17, 15) is 0 Å². The van der Waals surface area contributed by atoms with Crippen molar-refractivity contribution < 1.29 is 0 Å². The number of hydrogen-bond acceptors (Lipinski definition) is 6. The molecule has 0 aromatic heterocycles. The van der Waals surface area contributed by atoms with E-state index in [0.29, 0.717) is 12.1 Å². The van der Waals surface area contributed by atoms with Crippen molar-refractivity contribution in [1.29, 1.82) is 5.41 Å². The molecule has 6 nitrogen and oxygen atoms in total. The zero-order valence-electron chi connectivity index (χ0n) is 20.4. The van der Waals surface area contributed by atoms with Crippen LogP contribution in [0.15, 0.2) is 96.0 Å². The Bertz CT molecular complexity index is 1210. The lowest BCUT2D eigenvalue weighted by molar-refractivity contribution is 0.367. The molecule has 0 saturated heterocycles. The number of benzene rings is 3. The van der Waals surface area contributed by atoms with Crippen molar-refractivity contribution >= 4 is 28.5 Å². The van der Waals surface area contributed by atoms with Crippen LogP contribution < -0.4 is 21.3 Å². The standard InChI is InChI=1S/C30H34N6/c31-23-16-27-29(17-24(23)32)36(22-14-8-3-9-15-22)30-19-26(34-21-12-6-2-7-13-21)25(18-28(30)35-27)33-20-10-4-1-5-11-20/h1-15,23,25-27,29-30,32-34H,16-19,31H2. The van der Waals surface area contributed by atoms with Gasteiger partial charge in [-0.1, -0.05) is 54.6 Å². The first-order chi connectivity index (χ1) is 17.7. The van der Waals surface area contributed by atoms with Gasteiger partial charge in [-0.15, -0.1) is 0 Å². The molecule has 0 radical (unpaired) electrons. The minimum absolute atomic E-state index is 0.122. The van der Waals surface area contributed by atoms with Gasteiger partial charge in [0.2, 0.25) is 0 Å². The number of nitrogens with zero attached hydrogens (tertiary/aromatic N) is 2. The predicted octanol–water partition coefficient (Wildman–Crippen LogP) is 4.95. The second-order valence-corrected chi connectivity index (χ2v) is 10.3. The molecule has 0 bridgehead atoms. The summed E-state index contributed by atoms with van der Waals surface area (Å²) >= 11 is 0. The van der Waals surface area contributed by atoms with E-state index in [-0.39, 0.29) is 36.3 Å². The number of fused-ring (bicyclic) bond motifs is 2. The smallest absolute Gasteiger partial charge is 0.0725 e. The third-order valence-electron chi connectivity index (χ3n) is 7.92. The molecular formula is C30H34N6. The molecule has 6 atom stereocenters. The van der Waals surface area contributed by atoms with E-state index in [2.05, 4.69) is 107 Å². The third kappa shape index (κ3) is 4.49. The molecule has 3 aliphatic rings. The Labute approximate surface area is 213 Å². The quantitative estimate of drug-likeness (QED) is 0.418. The molecule has 6 unspecified atom stereocenters.